The summed E-state index contributed by atoms with van der Waals surface area (Å²) < 4.78 is 42.1. The summed E-state index contributed by atoms with van der Waals surface area (Å²) in [7, 11) is -0.737. The van der Waals surface area contributed by atoms with E-state index >= 15 is 0 Å². The molecule has 0 saturated heterocycles. The fraction of sp³-hybridized carbons (Fsp3) is 0.125. The summed E-state index contributed by atoms with van der Waals surface area (Å²) in [6, 6.07) is 13.2. The van der Waals surface area contributed by atoms with Crippen molar-refractivity contribution in [1.82, 2.24) is 33.8 Å². The summed E-state index contributed by atoms with van der Waals surface area (Å²) in [5.41, 5.74) is 1.98. The van der Waals surface area contributed by atoms with Crippen LogP contribution in [0.15, 0.2) is 72.0 Å². The van der Waals surface area contributed by atoms with Gasteiger partial charge in [-0.1, -0.05) is 0 Å². The Bertz CT molecular complexity index is 1730. The quantitative estimate of drug-likeness (QED) is 0.365. The monoisotopic (exact) mass is 520 g/mol. The van der Waals surface area contributed by atoms with Crippen molar-refractivity contribution in [2.24, 2.45) is 0 Å². The van der Waals surface area contributed by atoms with Gasteiger partial charge in [-0.15, -0.1) is 0 Å². The molecule has 188 valence electrons. The molecule has 0 fully saturated rings. The van der Waals surface area contributed by atoms with Crippen molar-refractivity contribution in [3.05, 3.63) is 84.2 Å². The van der Waals surface area contributed by atoms with Crippen molar-refractivity contribution in [2.45, 2.75) is 11.8 Å². The number of rotatable bonds is 6. The summed E-state index contributed by atoms with van der Waals surface area (Å²) in [6.07, 6.45) is 2.92. The number of sulfonamides is 1. The minimum atomic E-state index is -3.61. The van der Waals surface area contributed by atoms with Crippen LogP contribution in [0.1, 0.15) is 16.1 Å². The molecule has 3 heterocycles. The Labute approximate surface area is 211 Å². The maximum atomic E-state index is 13.4. The SMILES string of the molecule is Cc1cc(NC(=O)c2ccc(S(=O)(=O)N(C)C)cc2)n(-c2ncnc3c2cnn3-c2ccc(F)cc2)n1. The van der Waals surface area contributed by atoms with Gasteiger partial charge in [0.1, 0.15) is 18.0 Å². The first-order valence-corrected chi connectivity index (χ1v) is 12.4. The van der Waals surface area contributed by atoms with Crippen molar-refractivity contribution in [2.75, 3.05) is 19.4 Å². The van der Waals surface area contributed by atoms with Crippen LogP contribution in [0.25, 0.3) is 22.5 Å². The Morgan fingerprint density at radius 2 is 1.70 bits per heavy atom. The second-order valence-electron chi connectivity index (χ2n) is 8.32. The van der Waals surface area contributed by atoms with E-state index in [0.717, 1.165) is 4.31 Å². The van der Waals surface area contributed by atoms with Gasteiger partial charge in [0.25, 0.3) is 5.91 Å². The average molecular weight is 521 g/mol. The molecule has 0 aliphatic rings. The third-order valence-corrected chi connectivity index (χ3v) is 7.41. The zero-order chi connectivity index (χ0) is 26.3. The van der Waals surface area contributed by atoms with Crippen molar-refractivity contribution >= 4 is 32.8 Å². The van der Waals surface area contributed by atoms with E-state index in [-0.39, 0.29) is 16.3 Å². The molecular formula is C24H21FN8O3S. The second-order valence-corrected chi connectivity index (χ2v) is 10.5. The first kappa shape index (κ1) is 24.2. The van der Waals surface area contributed by atoms with E-state index in [1.165, 1.54) is 61.5 Å². The standard InChI is InChI=1S/C24H21FN8O3S/c1-15-12-21(29-24(34)16-4-10-19(11-5-16)37(35,36)31(2)3)33(30-15)23-20-13-28-32(22(20)26-14-27-23)18-8-6-17(25)7-9-18/h4-14H,1-3H3,(H,29,34). The van der Waals surface area contributed by atoms with Gasteiger partial charge >= 0.3 is 0 Å². The van der Waals surface area contributed by atoms with Gasteiger partial charge < -0.3 is 5.32 Å². The van der Waals surface area contributed by atoms with E-state index < -0.39 is 15.9 Å². The average Bonchev–Trinajstić information content (AvgIpc) is 3.47. The number of halogens is 1. The van der Waals surface area contributed by atoms with E-state index in [1.54, 1.807) is 36.0 Å². The lowest BCUT2D eigenvalue weighted by Crippen LogP contribution is -2.22. The molecule has 13 heteroatoms. The lowest BCUT2D eigenvalue weighted by Gasteiger charge is -2.12. The summed E-state index contributed by atoms with van der Waals surface area (Å²) in [5, 5.41) is 12.2. The summed E-state index contributed by atoms with van der Waals surface area (Å²) in [6.45, 7) is 1.77. The number of carbonyl (C=O) groups is 1. The normalized spacial score (nSPS) is 11.8. The van der Waals surface area contributed by atoms with Crippen molar-refractivity contribution in [3.8, 4) is 11.5 Å². The van der Waals surface area contributed by atoms with Crippen molar-refractivity contribution in [1.29, 1.82) is 0 Å². The lowest BCUT2D eigenvalue weighted by molar-refractivity contribution is 0.102. The number of nitrogens with zero attached hydrogens (tertiary/aromatic N) is 7. The van der Waals surface area contributed by atoms with Crippen molar-refractivity contribution in [3.63, 3.8) is 0 Å². The van der Waals surface area contributed by atoms with Crippen LogP contribution in [0.3, 0.4) is 0 Å². The van der Waals surface area contributed by atoms with E-state index in [4.69, 9.17) is 0 Å². The highest BCUT2D eigenvalue weighted by Crippen LogP contribution is 2.25. The number of anilines is 1. The number of nitrogens with one attached hydrogen (secondary N) is 1. The Morgan fingerprint density at radius 3 is 2.38 bits per heavy atom. The Morgan fingerprint density at radius 1 is 1.00 bits per heavy atom. The van der Waals surface area contributed by atoms with Gasteiger partial charge in [0.05, 0.1) is 27.9 Å². The number of amides is 1. The molecule has 5 rings (SSSR count). The fourth-order valence-electron chi connectivity index (χ4n) is 3.70. The number of aryl methyl sites for hydroxylation is 1. The highest BCUT2D eigenvalue weighted by Gasteiger charge is 2.20. The molecule has 0 bridgehead atoms. The molecule has 1 amide bonds. The topological polar surface area (TPSA) is 128 Å². The van der Waals surface area contributed by atoms with Crippen LogP contribution in [0.2, 0.25) is 0 Å². The molecule has 5 aromatic rings. The third kappa shape index (κ3) is 4.45. The van der Waals surface area contributed by atoms with Gasteiger partial charge in [0.15, 0.2) is 11.5 Å². The number of carbonyl (C=O) groups excluding carboxylic acids is 1. The van der Waals surface area contributed by atoms with Gasteiger partial charge in [-0.05, 0) is 55.5 Å². The van der Waals surface area contributed by atoms with Crippen molar-refractivity contribution < 1.29 is 17.6 Å². The summed E-state index contributed by atoms with van der Waals surface area (Å²) >= 11 is 0. The number of fused-ring (bicyclic) bond motifs is 1. The molecule has 11 nitrogen and oxygen atoms in total. The predicted octanol–water partition coefficient (Wildman–Crippen LogP) is 2.95. The van der Waals surface area contributed by atoms with E-state index in [0.29, 0.717) is 34.1 Å². The number of hydrogen-bond acceptors (Lipinski definition) is 7. The molecule has 0 aliphatic heterocycles. The zero-order valence-electron chi connectivity index (χ0n) is 20.0. The minimum Gasteiger partial charge on any atom is -0.306 e. The van der Waals surface area contributed by atoms with Gasteiger partial charge in [0.2, 0.25) is 10.0 Å². The fourth-order valence-corrected chi connectivity index (χ4v) is 4.60. The van der Waals surface area contributed by atoms with Crippen LogP contribution in [0, 0.1) is 12.7 Å². The molecule has 0 radical (unpaired) electrons. The van der Waals surface area contributed by atoms with Gasteiger partial charge in [-0.2, -0.15) is 14.9 Å². The third-order valence-electron chi connectivity index (χ3n) is 5.58. The van der Waals surface area contributed by atoms with Crippen LogP contribution in [0.4, 0.5) is 10.2 Å². The largest absolute Gasteiger partial charge is 0.306 e. The van der Waals surface area contributed by atoms with Crippen LogP contribution < -0.4 is 5.32 Å². The maximum Gasteiger partial charge on any atom is 0.256 e. The predicted molar refractivity (Wildman–Crippen MR) is 134 cm³/mol. The highest BCUT2D eigenvalue weighted by atomic mass is 32.2. The molecule has 0 saturated carbocycles. The summed E-state index contributed by atoms with van der Waals surface area (Å²) in [5.74, 6) is -0.0876. The molecule has 0 unspecified atom stereocenters. The Hall–Kier alpha value is -4.49. The molecule has 0 aliphatic carbocycles. The van der Waals surface area contributed by atoms with Crippen LogP contribution >= 0.6 is 0 Å². The molecule has 0 atom stereocenters. The molecule has 0 spiro atoms. The summed E-state index contributed by atoms with van der Waals surface area (Å²) in [4.78, 5) is 21.8. The van der Waals surface area contributed by atoms with E-state index in [9.17, 15) is 17.6 Å². The van der Waals surface area contributed by atoms with Gasteiger partial charge in [0, 0.05) is 25.7 Å². The second kappa shape index (κ2) is 9.19. The van der Waals surface area contributed by atoms with Crippen LogP contribution in [-0.2, 0) is 10.0 Å². The van der Waals surface area contributed by atoms with Crippen LogP contribution in [-0.4, -0.2) is 62.3 Å². The Kier molecular flexibility index (Phi) is 6.01. The zero-order valence-corrected chi connectivity index (χ0v) is 20.8. The molecular weight excluding hydrogens is 499 g/mol. The lowest BCUT2D eigenvalue weighted by atomic mass is 10.2. The first-order valence-electron chi connectivity index (χ1n) is 11.0. The molecule has 37 heavy (non-hydrogen) atoms. The number of benzene rings is 2. The number of aromatic nitrogens is 6. The van der Waals surface area contributed by atoms with Crippen LogP contribution in [0.5, 0.6) is 0 Å². The van der Waals surface area contributed by atoms with Gasteiger partial charge in [-0.3, -0.25) is 4.79 Å². The van der Waals surface area contributed by atoms with E-state index in [1.807, 2.05) is 0 Å². The minimum absolute atomic E-state index is 0.0801. The molecule has 3 aromatic heterocycles. The highest BCUT2D eigenvalue weighted by molar-refractivity contribution is 7.89. The van der Waals surface area contributed by atoms with Gasteiger partial charge in [-0.25, -0.2) is 31.8 Å². The first-order chi connectivity index (χ1) is 17.6. The van der Waals surface area contributed by atoms with E-state index in [2.05, 4.69) is 25.5 Å². The molecule has 2 aromatic carbocycles. The molecule has 1 N–H and O–H groups in total. The smallest absolute Gasteiger partial charge is 0.256 e. The Balaban J connectivity index is 1.48. The maximum absolute atomic E-state index is 13.4. The number of hydrogen-bond donors (Lipinski definition) is 1.